The van der Waals surface area contributed by atoms with Crippen LogP contribution in [0.5, 0.6) is 11.5 Å². The van der Waals surface area contributed by atoms with Crippen molar-refractivity contribution in [3.63, 3.8) is 0 Å². The first-order valence-corrected chi connectivity index (χ1v) is 8.82. The lowest BCUT2D eigenvalue weighted by Crippen LogP contribution is -2.41. The normalized spacial score (nSPS) is 23.8. The minimum Gasteiger partial charge on any atom is -0.486 e. The highest BCUT2D eigenvalue weighted by molar-refractivity contribution is 5.70. The third-order valence-electron chi connectivity index (χ3n) is 5.23. The summed E-state index contributed by atoms with van der Waals surface area (Å²) in [6.45, 7) is 6.50. The first-order valence-electron chi connectivity index (χ1n) is 8.82. The Labute approximate surface area is 143 Å². The lowest BCUT2D eigenvalue weighted by molar-refractivity contribution is -0.142. The Morgan fingerprint density at radius 3 is 2.50 bits per heavy atom. The number of fused-ring (bicyclic) bond motifs is 1. The maximum absolute atomic E-state index is 11.0. The van der Waals surface area contributed by atoms with Crippen LogP contribution in [0, 0.1) is 5.92 Å². The first-order chi connectivity index (χ1) is 11.5. The number of rotatable bonds is 5. The lowest BCUT2D eigenvalue weighted by atomic mass is 9.82. The molecular weight excluding hydrogens is 306 g/mol. The number of ether oxygens (including phenoxy) is 2. The summed E-state index contributed by atoms with van der Waals surface area (Å²) in [6, 6.07) is 6.59. The molecule has 1 saturated carbocycles. The van der Waals surface area contributed by atoms with Gasteiger partial charge in [-0.25, -0.2) is 0 Å². The van der Waals surface area contributed by atoms with E-state index in [1.54, 1.807) is 0 Å². The Balaban J connectivity index is 1.57. The van der Waals surface area contributed by atoms with Gasteiger partial charge in [0.1, 0.15) is 13.2 Å². The number of aliphatic carboxylic acids is 1. The summed E-state index contributed by atoms with van der Waals surface area (Å²) in [7, 11) is 0. The van der Waals surface area contributed by atoms with Gasteiger partial charge < -0.3 is 19.9 Å². The molecule has 1 aromatic carbocycles. The summed E-state index contributed by atoms with van der Waals surface area (Å²) in [6.07, 6.45) is 3.43. The lowest BCUT2D eigenvalue weighted by Gasteiger charge is -2.32. The van der Waals surface area contributed by atoms with Gasteiger partial charge in [-0.15, -0.1) is 0 Å². The van der Waals surface area contributed by atoms with Gasteiger partial charge in [-0.2, -0.15) is 0 Å². The van der Waals surface area contributed by atoms with Gasteiger partial charge in [0.25, 0.3) is 0 Å². The van der Waals surface area contributed by atoms with Gasteiger partial charge in [-0.05, 0) is 43.4 Å². The van der Waals surface area contributed by atoms with Gasteiger partial charge in [0.05, 0.1) is 5.92 Å². The highest BCUT2D eigenvalue weighted by Crippen LogP contribution is 2.35. The molecule has 24 heavy (non-hydrogen) atoms. The standard InChI is InChI=1S/C19H27NO4/c1-19(2,12-20-15-6-3-13(4-7-15)18(21)22)14-5-8-16-17(11-14)24-10-9-23-16/h5,8,11,13,15,20H,3-4,6-7,9-10,12H2,1-2H3,(H,21,22). The van der Waals surface area contributed by atoms with E-state index in [2.05, 4.69) is 31.3 Å². The number of hydrogen-bond acceptors (Lipinski definition) is 4. The maximum atomic E-state index is 11.0. The van der Waals surface area contributed by atoms with E-state index in [9.17, 15) is 4.79 Å². The van der Waals surface area contributed by atoms with Gasteiger partial charge in [0, 0.05) is 18.0 Å². The Bertz CT molecular complexity index is 591. The molecule has 1 fully saturated rings. The molecule has 0 amide bonds. The smallest absolute Gasteiger partial charge is 0.306 e. The second-order valence-electron chi connectivity index (χ2n) is 7.51. The molecule has 0 atom stereocenters. The van der Waals surface area contributed by atoms with Crippen LogP contribution < -0.4 is 14.8 Å². The molecule has 0 radical (unpaired) electrons. The number of nitrogens with one attached hydrogen (secondary N) is 1. The molecule has 1 heterocycles. The summed E-state index contributed by atoms with van der Waals surface area (Å²) in [5, 5.41) is 12.7. The van der Waals surface area contributed by atoms with Gasteiger partial charge in [0.15, 0.2) is 11.5 Å². The fourth-order valence-corrected chi connectivity index (χ4v) is 3.51. The first kappa shape index (κ1) is 17.1. The predicted molar refractivity (Wildman–Crippen MR) is 91.8 cm³/mol. The van der Waals surface area contributed by atoms with Crippen LogP contribution in [-0.4, -0.2) is 36.9 Å². The second kappa shape index (κ2) is 7.01. The molecule has 132 valence electrons. The minimum atomic E-state index is -0.648. The van der Waals surface area contributed by atoms with E-state index < -0.39 is 5.97 Å². The quantitative estimate of drug-likeness (QED) is 0.867. The molecule has 2 N–H and O–H groups in total. The number of carboxylic acid groups (broad SMARTS) is 1. The van der Waals surface area contributed by atoms with Crippen molar-refractivity contribution in [2.75, 3.05) is 19.8 Å². The second-order valence-corrected chi connectivity index (χ2v) is 7.51. The van der Waals surface area contributed by atoms with Crippen LogP contribution in [0.2, 0.25) is 0 Å². The van der Waals surface area contributed by atoms with Crippen LogP contribution in [0.1, 0.15) is 45.1 Å². The monoisotopic (exact) mass is 333 g/mol. The van der Waals surface area contributed by atoms with Crippen LogP contribution in [0.15, 0.2) is 18.2 Å². The van der Waals surface area contributed by atoms with Crippen LogP contribution in [0.3, 0.4) is 0 Å². The highest BCUT2D eigenvalue weighted by Gasteiger charge is 2.28. The van der Waals surface area contributed by atoms with Crippen molar-refractivity contribution in [2.45, 2.75) is 51.0 Å². The molecule has 0 aromatic heterocycles. The summed E-state index contributed by atoms with van der Waals surface area (Å²) >= 11 is 0. The van der Waals surface area contributed by atoms with E-state index in [0.29, 0.717) is 19.3 Å². The average molecular weight is 333 g/mol. The molecule has 1 aliphatic heterocycles. The molecule has 1 aromatic rings. The van der Waals surface area contributed by atoms with Crippen molar-refractivity contribution in [1.29, 1.82) is 0 Å². The van der Waals surface area contributed by atoms with E-state index in [1.165, 1.54) is 5.56 Å². The van der Waals surface area contributed by atoms with Gasteiger partial charge in [0.2, 0.25) is 0 Å². The van der Waals surface area contributed by atoms with Crippen LogP contribution in [-0.2, 0) is 10.2 Å². The number of benzene rings is 1. The number of carbonyl (C=O) groups is 1. The number of hydrogen-bond donors (Lipinski definition) is 2. The van der Waals surface area contributed by atoms with Crippen molar-refractivity contribution in [3.8, 4) is 11.5 Å². The summed E-state index contributed by atoms with van der Waals surface area (Å²) in [5.74, 6) is 0.841. The van der Waals surface area contributed by atoms with E-state index in [1.807, 2.05) is 6.07 Å². The Hall–Kier alpha value is -1.75. The van der Waals surface area contributed by atoms with Gasteiger partial charge in [-0.1, -0.05) is 19.9 Å². The molecule has 0 saturated heterocycles. The van der Waals surface area contributed by atoms with Crippen molar-refractivity contribution in [3.05, 3.63) is 23.8 Å². The molecule has 5 nitrogen and oxygen atoms in total. The summed E-state index contributed by atoms with van der Waals surface area (Å²) in [4.78, 5) is 11.0. The SMILES string of the molecule is CC(C)(CNC1CCC(C(=O)O)CC1)c1ccc2c(c1)OCCO2. The molecule has 0 spiro atoms. The van der Waals surface area contributed by atoms with E-state index in [-0.39, 0.29) is 11.3 Å². The Morgan fingerprint density at radius 2 is 1.83 bits per heavy atom. The van der Waals surface area contributed by atoms with Crippen LogP contribution >= 0.6 is 0 Å². The van der Waals surface area contributed by atoms with Gasteiger partial charge >= 0.3 is 5.97 Å². The van der Waals surface area contributed by atoms with Gasteiger partial charge in [-0.3, -0.25) is 4.79 Å². The molecule has 2 aliphatic rings. The highest BCUT2D eigenvalue weighted by atomic mass is 16.6. The Kier molecular flexibility index (Phi) is 4.99. The minimum absolute atomic E-state index is 0.0283. The maximum Gasteiger partial charge on any atom is 0.306 e. The van der Waals surface area contributed by atoms with Crippen molar-refractivity contribution in [2.24, 2.45) is 5.92 Å². The van der Waals surface area contributed by atoms with E-state index in [0.717, 1.165) is 43.7 Å². The van der Waals surface area contributed by atoms with Crippen molar-refractivity contribution >= 4 is 5.97 Å². The number of carboxylic acids is 1. The van der Waals surface area contributed by atoms with E-state index >= 15 is 0 Å². The van der Waals surface area contributed by atoms with Crippen LogP contribution in [0.25, 0.3) is 0 Å². The molecule has 0 bridgehead atoms. The zero-order valence-corrected chi connectivity index (χ0v) is 14.5. The summed E-state index contributed by atoms with van der Waals surface area (Å²) in [5.41, 5.74) is 1.19. The van der Waals surface area contributed by atoms with Crippen molar-refractivity contribution in [1.82, 2.24) is 5.32 Å². The fourth-order valence-electron chi connectivity index (χ4n) is 3.51. The molecule has 5 heteroatoms. The average Bonchev–Trinajstić information content (AvgIpc) is 2.60. The third kappa shape index (κ3) is 3.83. The zero-order valence-electron chi connectivity index (χ0n) is 14.5. The largest absolute Gasteiger partial charge is 0.486 e. The molecule has 3 rings (SSSR count). The van der Waals surface area contributed by atoms with E-state index in [4.69, 9.17) is 14.6 Å². The predicted octanol–water partition coefficient (Wildman–Crippen LogP) is 2.97. The van der Waals surface area contributed by atoms with Crippen LogP contribution in [0.4, 0.5) is 0 Å². The Morgan fingerprint density at radius 1 is 1.17 bits per heavy atom. The third-order valence-corrected chi connectivity index (χ3v) is 5.23. The molecule has 1 aliphatic carbocycles. The fraction of sp³-hybridized carbons (Fsp3) is 0.632. The summed E-state index contributed by atoms with van der Waals surface area (Å²) < 4.78 is 11.3. The van der Waals surface area contributed by atoms with Crippen molar-refractivity contribution < 1.29 is 19.4 Å². The molecular formula is C19H27NO4. The molecule has 0 unspecified atom stereocenters. The zero-order chi connectivity index (χ0) is 17.2. The topological polar surface area (TPSA) is 67.8 Å².